The average molecular weight is 274 g/mol. The van der Waals surface area contributed by atoms with Crippen LogP contribution in [-0.4, -0.2) is 40.0 Å². The molecule has 2 heterocycles. The van der Waals surface area contributed by atoms with Gasteiger partial charge in [0.25, 0.3) is 5.91 Å². The van der Waals surface area contributed by atoms with Crippen LogP contribution < -0.4 is 4.90 Å². The molecule has 1 aromatic rings. The van der Waals surface area contributed by atoms with Gasteiger partial charge in [0.05, 0.1) is 11.3 Å². The number of fused-ring (bicyclic) bond motifs is 3. The summed E-state index contributed by atoms with van der Waals surface area (Å²) < 4.78 is 0. The number of benzene rings is 1. The molecule has 2 amide bonds. The van der Waals surface area contributed by atoms with E-state index in [1.165, 1.54) is 4.90 Å². The van der Waals surface area contributed by atoms with E-state index in [0.717, 1.165) is 0 Å². The van der Waals surface area contributed by atoms with E-state index < -0.39 is 18.2 Å². The molecule has 1 atom stereocenters. The SMILES string of the molecule is C[C@]12CCC(=O)N1c1ccccc1C(=O)N2CC(=O)O. The molecule has 2 aliphatic rings. The van der Waals surface area contributed by atoms with Crippen molar-refractivity contribution in [1.29, 1.82) is 0 Å². The minimum Gasteiger partial charge on any atom is -0.480 e. The molecule has 2 aliphatic heterocycles. The Balaban J connectivity index is 2.19. The molecule has 0 spiro atoms. The number of para-hydroxylation sites is 1. The second-order valence-corrected chi connectivity index (χ2v) is 5.25. The van der Waals surface area contributed by atoms with Crippen LogP contribution in [0.15, 0.2) is 24.3 Å². The first kappa shape index (κ1) is 12.7. The molecule has 3 rings (SSSR count). The first-order valence-electron chi connectivity index (χ1n) is 6.41. The van der Waals surface area contributed by atoms with Gasteiger partial charge in [0.1, 0.15) is 12.2 Å². The third kappa shape index (κ3) is 1.54. The van der Waals surface area contributed by atoms with Gasteiger partial charge in [-0.25, -0.2) is 0 Å². The average Bonchev–Trinajstić information content (AvgIpc) is 2.71. The Morgan fingerprint density at radius 1 is 1.35 bits per heavy atom. The molecular weight excluding hydrogens is 260 g/mol. The van der Waals surface area contributed by atoms with Crippen molar-refractivity contribution >= 4 is 23.5 Å². The minimum atomic E-state index is -1.08. The molecule has 0 aliphatic carbocycles. The summed E-state index contributed by atoms with van der Waals surface area (Å²) in [5, 5.41) is 9.03. The summed E-state index contributed by atoms with van der Waals surface area (Å²) >= 11 is 0. The Labute approximate surface area is 115 Å². The summed E-state index contributed by atoms with van der Waals surface area (Å²) in [6.07, 6.45) is 0.757. The number of carbonyl (C=O) groups is 3. The van der Waals surface area contributed by atoms with Crippen molar-refractivity contribution in [3.8, 4) is 0 Å². The monoisotopic (exact) mass is 274 g/mol. The van der Waals surface area contributed by atoms with Crippen molar-refractivity contribution in [2.75, 3.05) is 11.4 Å². The molecule has 0 bridgehead atoms. The highest BCUT2D eigenvalue weighted by Crippen LogP contribution is 2.43. The molecule has 6 heteroatoms. The van der Waals surface area contributed by atoms with Gasteiger partial charge < -0.3 is 10.0 Å². The third-order valence-electron chi connectivity index (χ3n) is 4.04. The Bertz CT molecular complexity index is 627. The summed E-state index contributed by atoms with van der Waals surface area (Å²) in [5.41, 5.74) is 0.0617. The summed E-state index contributed by atoms with van der Waals surface area (Å²) in [6, 6.07) is 6.83. The van der Waals surface area contributed by atoms with Gasteiger partial charge >= 0.3 is 5.97 Å². The second kappa shape index (κ2) is 4.06. The van der Waals surface area contributed by atoms with Crippen molar-refractivity contribution in [1.82, 2.24) is 4.90 Å². The maximum atomic E-state index is 12.5. The Kier molecular flexibility index (Phi) is 2.57. The predicted octanol–water partition coefficient (Wildman–Crippen LogP) is 1.07. The highest BCUT2D eigenvalue weighted by molar-refractivity contribution is 6.10. The summed E-state index contributed by atoms with van der Waals surface area (Å²) in [5.74, 6) is -1.50. The number of carboxylic acids is 1. The molecule has 0 radical (unpaired) electrons. The zero-order valence-corrected chi connectivity index (χ0v) is 11.0. The lowest BCUT2D eigenvalue weighted by atomic mass is 9.98. The van der Waals surface area contributed by atoms with Crippen LogP contribution in [0, 0.1) is 0 Å². The van der Waals surface area contributed by atoms with Crippen molar-refractivity contribution in [2.45, 2.75) is 25.4 Å². The molecular formula is C14H14N2O4. The molecule has 1 N–H and O–H groups in total. The van der Waals surface area contributed by atoms with Gasteiger partial charge in [-0.3, -0.25) is 19.3 Å². The fraction of sp³-hybridized carbons (Fsp3) is 0.357. The molecule has 6 nitrogen and oxygen atoms in total. The van der Waals surface area contributed by atoms with E-state index in [2.05, 4.69) is 0 Å². The number of rotatable bonds is 2. The first-order chi connectivity index (χ1) is 9.45. The maximum Gasteiger partial charge on any atom is 0.323 e. The second-order valence-electron chi connectivity index (χ2n) is 5.25. The molecule has 1 aromatic carbocycles. The van der Waals surface area contributed by atoms with Crippen LogP contribution in [0.25, 0.3) is 0 Å². The van der Waals surface area contributed by atoms with Gasteiger partial charge in [-0.05, 0) is 25.5 Å². The van der Waals surface area contributed by atoms with Crippen LogP contribution in [-0.2, 0) is 9.59 Å². The van der Waals surface area contributed by atoms with E-state index in [0.29, 0.717) is 24.1 Å². The van der Waals surface area contributed by atoms with E-state index in [4.69, 9.17) is 5.11 Å². The number of hydrogen-bond acceptors (Lipinski definition) is 3. The van der Waals surface area contributed by atoms with E-state index >= 15 is 0 Å². The molecule has 0 saturated carbocycles. The quantitative estimate of drug-likeness (QED) is 0.875. The molecule has 20 heavy (non-hydrogen) atoms. The molecule has 0 aromatic heterocycles. The minimum absolute atomic E-state index is 0.0807. The molecule has 1 fully saturated rings. The van der Waals surface area contributed by atoms with Crippen molar-refractivity contribution in [2.24, 2.45) is 0 Å². The zero-order valence-electron chi connectivity index (χ0n) is 11.0. The molecule has 1 saturated heterocycles. The standard InChI is InChI=1S/C14H14N2O4/c1-14-7-6-11(17)16(14)10-5-3-2-4-9(10)13(20)15(14)8-12(18)19/h2-5H,6-8H2,1H3,(H,18,19)/t14-/m1/s1. The van der Waals surface area contributed by atoms with Crippen LogP contribution in [0.5, 0.6) is 0 Å². The number of aliphatic carboxylic acids is 1. The number of carbonyl (C=O) groups excluding carboxylic acids is 2. The largest absolute Gasteiger partial charge is 0.480 e. The topological polar surface area (TPSA) is 77.9 Å². The van der Waals surface area contributed by atoms with E-state index in [1.807, 2.05) is 0 Å². The number of nitrogens with zero attached hydrogens (tertiary/aromatic N) is 2. The fourth-order valence-electron chi connectivity index (χ4n) is 3.08. The van der Waals surface area contributed by atoms with Gasteiger partial charge in [-0.2, -0.15) is 0 Å². The Morgan fingerprint density at radius 3 is 2.75 bits per heavy atom. The molecule has 0 unspecified atom stereocenters. The van der Waals surface area contributed by atoms with Crippen LogP contribution in [0.3, 0.4) is 0 Å². The van der Waals surface area contributed by atoms with Gasteiger partial charge in [0, 0.05) is 6.42 Å². The lowest BCUT2D eigenvalue weighted by molar-refractivity contribution is -0.139. The summed E-state index contributed by atoms with van der Waals surface area (Å²) in [7, 11) is 0. The first-order valence-corrected chi connectivity index (χ1v) is 6.41. The van der Waals surface area contributed by atoms with Gasteiger partial charge in [-0.15, -0.1) is 0 Å². The van der Waals surface area contributed by atoms with Gasteiger partial charge in [0.2, 0.25) is 5.91 Å². The van der Waals surface area contributed by atoms with Crippen LogP contribution in [0.4, 0.5) is 5.69 Å². The van der Waals surface area contributed by atoms with Gasteiger partial charge in [-0.1, -0.05) is 12.1 Å². The van der Waals surface area contributed by atoms with Crippen LogP contribution in [0.1, 0.15) is 30.1 Å². The Morgan fingerprint density at radius 2 is 2.05 bits per heavy atom. The smallest absolute Gasteiger partial charge is 0.323 e. The highest BCUT2D eigenvalue weighted by Gasteiger charge is 2.53. The van der Waals surface area contributed by atoms with E-state index in [-0.39, 0.29) is 11.8 Å². The van der Waals surface area contributed by atoms with Crippen LogP contribution >= 0.6 is 0 Å². The van der Waals surface area contributed by atoms with E-state index in [1.54, 1.807) is 36.1 Å². The van der Waals surface area contributed by atoms with Crippen molar-refractivity contribution in [3.63, 3.8) is 0 Å². The summed E-state index contributed by atoms with van der Waals surface area (Å²) in [4.78, 5) is 38.6. The highest BCUT2D eigenvalue weighted by atomic mass is 16.4. The number of anilines is 1. The van der Waals surface area contributed by atoms with Crippen molar-refractivity contribution in [3.05, 3.63) is 29.8 Å². The number of amides is 2. The fourth-order valence-corrected chi connectivity index (χ4v) is 3.08. The Hall–Kier alpha value is -2.37. The zero-order chi connectivity index (χ0) is 14.5. The lowest BCUT2D eigenvalue weighted by Crippen LogP contribution is -2.63. The number of hydrogen-bond donors (Lipinski definition) is 1. The lowest BCUT2D eigenvalue weighted by Gasteiger charge is -2.48. The summed E-state index contributed by atoms with van der Waals surface area (Å²) in [6.45, 7) is 1.34. The third-order valence-corrected chi connectivity index (χ3v) is 4.04. The van der Waals surface area contributed by atoms with Gasteiger partial charge in [0.15, 0.2) is 0 Å². The predicted molar refractivity (Wildman–Crippen MR) is 70.2 cm³/mol. The van der Waals surface area contributed by atoms with Crippen molar-refractivity contribution < 1.29 is 19.5 Å². The number of carboxylic acid groups (broad SMARTS) is 1. The normalized spacial score (nSPS) is 24.6. The maximum absolute atomic E-state index is 12.5. The molecule has 104 valence electrons. The van der Waals surface area contributed by atoms with Crippen LogP contribution in [0.2, 0.25) is 0 Å². The van der Waals surface area contributed by atoms with E-state index in [9.17, 15) is 14.4 Å².